The summed E-state index contributed by atoms with van der Waals surface area (Å²) in [6.07, 6.45) is 4.34. The normalized spacial score (nSPS) is 30.3. The van der Waals surface area contributed by atoms with Crippen LogP contribution in [0.15, 0.2) is 36.4 Å². The Morgan fingerprint density at radius 2 is 1.74 bits per heavy atom. The number of fused-ring (bicyclic) bond motifs is 1. The lowest BCUT2D eigenvalue weighted by Crippen LogP contribution is -2.42. The van der Waals surface area contributed by atoms with Gasteiger partial charge in [0.2, 0.25) is 0 Å². The molecule has 2 nitrogen and oxygen atoms in total. The summed E-state index contributed by atoms with van der Waals surface area (Å²) in [5.74, 6) is 0.481. The second-order valence-electron chi connectivity index (χ2n) is 7.04. The van der Waals surface area contributed by atoms with E-state index < -0.39 is 8.32 Å². The Balaban J connectivity index is 1.81. The van der Waals surface area contributed by atoms with Gasteiger partial charge in [-0.1, -0.05) is 64.1 Å². The van der Waals surface area contributed by atoms with E-state index >= 15 is 0 Å². The van der Waals surface area contributed by atoms with E-state index in [0.717, 1.165) is 6.42 Å². The van der Waals surface area contributed by atoms with Gasteiger partial charge in [0.25, 0.3) is 0 Å². The highest BCUT2D eigenvalue weighted by Gasteiger charge is 2.50. The highest BCUT2D eigenvalue weighted by molar-refractivity contribution is 6.73. The van der Waals surface area contributed by atoms with Gasteiger partial charge < -0.3 is 9.16 Å². The Hall–Kier alpha value is -0.903. The van der Waals surface area contributed by atoms with Crippen molar-refractivity contribution in [1.29, 1.82) is 0 Å². The highest BCUT2D eigenvalue weighted by atomic mass is 28.4. The van der Waals surface area contributed by atoms with Crippen LogP contribution in [0.4, 0.5) is 0 Å². The number of epoxide rings is 1. The van der Waals surface area contributed by atoms with Crippen molar-refractivity contribution in [2.45, 2.75) is 70.6 Å². The maximum absolute atomic E-state index is 6.81. The smallest absolute Gasteiger partial charge is 0.192 e. The minimum Gasteiger partial charge on any atom is -0.413 e. The molecule has 0 radical (unpaired) electrons. The van der Waals surface area contributed by atoms with Crippen molar-refractivity contribution in [3.63, 3.8) is 0 Å². The van der Waals surface area contributed by atoms with Crippen LogP contribution < -0.4 is 0 Å². The van der Waals surface area contributed by atoms with Crippen LogP contribution in [0.2, 0.25) is 18.1 Å². The zero-order valence-corrected chi connectivity index (χ0v) is 15.9. The first-order valence-electron chi connectivity index (χ1n) is 9.23. The summed E-state index contributed by atoms with van der Waals surface area (Å²) in [6.45, 7) is 9.24. The molecular weight excluding hydrogens is 300 g/mol. The van der Waals surface area contributed by atoms with Crippen LogP contribution in [0, 0.1) is 5.92 Å². The van der Waals surface area contributed by atoms with Gasteiger partial charge in [0.1, 0.15) is 6.10 Å². The summed E-state index contributed by atoms with van der Waals surface area (Å²) in [4.78, 5) is 0. The predicted octanol–water partition coefficient (Wildman–Crippen LogP) is 5.27. The molecule has 1 aliphatic heterocycles. The van der Waals surface area contributed by atoms with Gasteiger partial charge in [-0.05, 0) is 35.7 Å². The topological polar surface area (TPSA) is 21.8 Å². The Labute approximate surface area is 142 Å². The first kappa shape index (κ1) is 16.9. The molecule has 4 atom stereocenters. The fourth-order valence-electron chi connectivity index (χ4n) is 3.95. The van der Waals surface area contributed by atoms with Gasteiger partial charge in [0.15, 0.2) is 8.32 Å². The van der Waals surface area contributed by atoms with Crippen LogP contribution in [0.25, 0.3) is 5.57 Å². The van der Waals surface area contributed by atoms with Crippen LogP contribution in [0.3, 0.4) is 0 Å². The Bertz CT molecular complexity index is 542. The lowest BCUT2D eigenvalue weighted by Gasteiger charge is -2.35. The molecule has 1 aromatic rings. The molecule has 1 fully saturated rings. The summed E-state index contributed by atoms with van der Waals surface area (Å²) in [7, 11) is -1.57. The number of hydrogen-bond donors (Lipinski definition) is 0. The van der Waals surface area contributed by atoms with Crippen molar-refractivity contribution < 1.29 is 9.16 Å². The second-order valence-corrected chi connectivity index (χ2v) is 11.8. The molecule has 126 valence electrons. The monoisotopic (exact) mass is 330 g/mol. The first-order valence-corrected chi connectivity index (χ1v) is 11.8. The van der Waals surface area contributed by atoms with Gasteiger partial charge in [0, 0.05) is 5.92 Å². The summed E-state index contributed by atoms with van der Waals surface area (Å²) in [5, 5.41) is 0. The quantitative estimate of drug-likeness (QED) is 0.523. The standard InChI is InChI=1S/C20H30O2Si/c1-5-23(6-2,7-3)22-18-14-13-17(16-11-9-8-10-12-16)20-19(21-20)15(18)4/h8-13,15,18-20H,5-7,14H2,1-4H3/t15-,18-,19+,20-/m0/s1. The number of rotatable bonds is 6. The largest absolute Gasteiger partial charge is 0.413 e. The van der Waals surface area contributed by atoms with Crippen molar-refractivity contribution in [3.05, 3.63) is 42.0 Å². The first-order chi connectivity index (χ1) is 11.1. The van der Waals surface area contributed by atoms with Gasteiger partial charge in [-0.2, -0.15) is 0 Å². The summed E-state index contributed by atoms with van der Waals surface area (Å²) in [5.41, 5.74) is 2.67. The lowest BCUT2D eigenvalue weighted by molar-refractivity contribution is 0.113. The van der Waals surface area contributed by atoms with E-state index in [1.807, 2.05) is 0 Å². The molecule has 1 aromatic carbocycles. The molecule has 1 saturated heterocycles. The molecule has 0 amide bonds. The highest BCUT2D eigenvalue weighted by Crippen LogP contribution is 2.45. The van der Waals surface area contributed by atoms with E-state index in [9.17, 15) is 0 Å². The van der Waals surface area contributed by atoms with Gasteiger partial charge in [-0.15, -0.1) is 0 Å². The number of hydrogen-bond acceptors (Lipinski definition) is 2. The summed E-state index contributed by atoms with van der Waals surface area (Å²) >= 11 is 0. The van der Waals surface area contributed by atoms with E-state index in [1.165, 1.54) is 29.3 Å². The maximum Gasteiger partial charge on any atom is 0.192 e. The molecule has 3 heteroatoms. The average molecular weight is 331 g/mol. The molecule has 0 N–H and O–H groups in total. The molecule has 2 aliphatic rings. The van der Waals surface area contributed by atoms with E-state index in [4.69, 9.17) is 9.16 Å². The van der Waals surface area contributed by atoms with Crippen LogP contribution >= 0.6 is 0 Å². The predicted molar refractivity (Wildman–Crippen MR) is 98.9 cm³/mol. The number of benzene rings is 1. The van der Waals surface area contributed by atoms with Crippen molar-refractivity contribution in [1.82, 2.24) is 0 Å². The second kappa shape index (κ2) is 6.92. The summed E-state index contributed by atoms with van der Waals surface area (Å²) < 4.78 is 12.9. The molecule has 0 bridgehead atoms. The molecule has 1 aliphatic carbocycles. The van der Waals surface area contributed by atoms with E-state index in [-0.39, 0.29) is 6.10 Å². The SMILES string of the molecule is CC[Si](CC)(CC)O[C@H]1CC=C(c2ccccc2)[C@@H]2O[C@@H]2[C@H]1C. The molecule has 3 rings (SSSR count). The van der Waals surface area contributed by atoms with Gasteiger partial charge in [0.05, 0.1) is 12.2 Å². The van der Waals surface area contributed by atoms with E-state index in [0.29, 0.717) is 18.1 Å². The van der Waals surface area contributed by atoms with Gasteiger partial charge in [-0.3, -0.25) is 0 Å². The van der Waals surface area contributed by atoms with E-state index in [2.05, 4.69) is 64.1 Å². The Kier molecular flexibility index (Phi) is 5.09. The van der Waals surface area contributed by atoms with Crippen molar-refractivity contribution in [2.24, 2.45) is 5.92 Å². The van der Waals surface area contributed by atoms with Crippen molar-refractivity contribution >= 4 is 13.9 Å². The number of ether oxygens (including phenoxy) is 1. The zero-order valence-electron chi connectivity index (χ0n) is 14.9. The van der Waals surface area contributed by atoms with Crippen molar-refractivity contribution in [2.75, 3.05) is 0 Å². The molecule has 0 saturated carbocycles. The molecule has 0 unspecified atom stereocenters. The molecule has 1 heterocycles. The molecule has 23 heavy (non-hydrogen) atoms. The Morgan fingerprint density at radius 1 is 1.09 bits per heavy atom. The Morgan fingerprint density at radius 3 is 2.35 bits per heavy atom. The average Bonchev–Trinajstić information content (AvgIpc) is 3.39. The fourth-order valence-corrected chi connectivity index (χ4v) is 6.90. The third kappa shape index (κ3) is 3.33. The van der Waals surface area contributed by atoms with Crippen LogP contribution in [0.1, 0.15) is 39.7 Å². The minimum absolute atomic E-state index is 0.280. The molecule has 0 aromatic heterocycles. The van der Waals surface area contributed by atoms with Gasteiger partial charge >= 0.3 is 0 Å². The third-order valence-corrected chi connectivity index (χ3v) is 10.6. The molecular formula is C20H30O2Si. The van der Waals surface area contributed by atoms with E-state index in [1.54, 1.807) is 0 Å². The van der Waals surface area contributed by atoms with Crippen LogP contribution in [0.5, 0.6) is 0 Å². The third-order valence-electron chi connectivity index (χ3n) is 5.95. The van der Waals surface area contributed by atoms with Crippen LogP contribution in [-0.2, 0) is 9.16 Å². The summed E-state index contributed by atoms with van der Waals surface area (Å²) in [6, 6.07) is 14.3. The zero-order chi connectivity index (χ0) is 16.4. The van der Waals surface area contributed by atoms with Crippen molar-refractivity contribution in [3.8, 4) is 0 Å². The maximum atomic E-state index is 6.81. The van der Waals surface area contributed by atoms with Gasteiger partial charge in [-0.25, -0.2) is 0 Å². The molecule has 0 spiro atoms. The lowest BCUT2D eigenvalue weighted by atomic mass is 9.97. The minimum atomic E-state index is -1.57. The van der Waals surface area contributed by atoms with Crippen LogP contribution in [-0.4, -0.2) is 26.6 Å². The fraction of sp³-hybridized carbons (Fsp3) is 0.600.